The predicted molar refractivity (Wildman–Crippen MR) is 131 cm³/mol. The average molecular weight is 482 g/mol. The molecule has 1 aromatic heterocycles. The van der Waals surface area contributed by atoms with E-state index in [9.17, 15) is 13.2 Å². The number of thiophene rings is 1. The molecule has 1 amide bonds. The number of para-hydroxylation sites is 1. The highest BCUT2D eigenvalue weighted by atomic mass is 32.2. The molecular weight excluding hydrogens is 454 g/mol. The van der Waals surface area contributed by atoms with E-state index in [2.05, 4.69) is 21.7 Å². The van der Waals surface area contributed by atoms with Crippen molar-refractivity contribution in [1.29, 1.82) is 0 Å². The van der Waals surface area contributed by atoms with Gasteiger partial charge in [-0.15, -0.1) is 11.3 Å². The van der Waals surface area contributed by atoms with Crippen LogP contribution in [0.15, 0.2) is 70.9 Å². The SMILES string of the molecule is O=C(NC[C@@H](c1cccs1)N1CCCC1)c1cccc(S(=O)(=O)N2CCc3ccccc32)c1. The van der Waals surface area contributed by atoms with Gasteiger partial charge in [-0.3, -0.25) is 14.0 Å². The lowest BCUT2D eigenvalue weighted by molar-refractivity contribution is 0.0938. The molecule has 1 N–H and O–H groups in total. The molecule has 1 saturated heterocycles. The third-order valence-electron chi connectivity index (χ3n) is 6.44. The average Bonchev–Trinajstić information content (AvgIpc) is 3.61. The molecule has 33 heavy (non-hydrogen) atoms. The van der Waals surface area contributed by atoms with Gasteiger partial charge in [0.2, 0.25) is 0 Å². The van der Waals surface area contributed by atoms with Crippen molar-refractivity contribution in [3.63, 3.8) is 0 Å². The lowest BCUT2D eigenvalue weighted by atomic mass is 10.2. The van der Waals surface area contributed by atoms with E-state index in [4.69, 9.17) is 0 Å². The van der Waals surface area contributed by atoms with E-state index in [-0.39, 0.29) is 16.8 Å². The number of carbonyl (C=O) groups excluding carboxylic acids is 1. The third kappa shape index (κ3) is 4.43. The molecule has 1 fully saturated rings. The van der Waals surface area contributed by atoms with Gasteiger partial charge in [0.05, 0.1) is 16.6 Å². The fourth-order valence-corrected chi connectivity index (χ4v) is 7.13. The zero-order chi connectivity index (χ0) is 22.8. The van der Waals surface area contributed by atoms with E-state index in [0.717, 1.165) is 24.3 Å². The first-order chi connectivity index (χ1) is 16.0. The summed E-state index contributed by atoms with van der Waals surface area (Å²) in [5, 5.41) is 5.11. The molecule has 172 valence electrons. The molecule has 0 spiro atoms. The van der Waals surface area contributed by atoms with Gasteiger partial charge in [0, 0.05) is 23.5 Å². The number of hydrogen-bond donors (Lipinski definition) is 1. The molecule has 0 bridgehead atoms. The first-order valence-corrected chi connectivity index (χ1v) is 13.6. The Morgan fingerprint density at radius 1 is 1.00 bits per heavy atom. The van der Waals surface area contributed by atoms with E-state index in [0.29, 0.717) is 25.1 Å². The Labute approximate surface area is 198 Å². The highest BCUT2D eigenvalue weighted by molar-refractivity contribution is 7.92. The molecule has 0 aliphatic carbocycles. The molecule has 3 aromatic rings. The number of fused-ring (bicyclic) bond motifs is 1. The first-order valence-electron chi connectivity index (χ1n) is 11.3. The summed E-state index contributed by atoms with van der Waals surface area (Å²) >= 11 is 1.70. The van der Waals surface area contributed by atoms with Crippen molar-refractivity contribution in [2.45, 2.75) is 30.2 Å². The van der Waals surface area contributed by atoms with Crippen LogP contribution in [0.25, 0.3) is 0 Å². The summed E-state index contributed by atoms with van der Waals surface area (Å²) in [5.74, 6) is -0.255. The molecule has 2 aromatic carbocycles. The van der Waals surface area contributed by atoms with Crippen molar-refractivity contribution in [1.82, 2.24) is 10.2 Å². The van der Waals surface area contributed by atoms with Crippen molar-refractivity contribution >= 4 is 33.0 Å². The highest BCUT2D eigenvalue weighted by Gasteiger charge is 2.31. The number of benzene rings is 2. The molecule has 1 atom stereocenters. The number of nitrogens with zero attached hydrogens (tertiary/aromatic N) is 2. The summed E-state index contributed by atoms with van der Waals surface area (Å²) in [7, 11) is -3.74. The molecule has 0 saturated carbocycles. The van der Waals surface area contributed by atoms with Gasteiger partial charge in [0.25, 0.3) is 15.9 Å². The van der Waals surface area contributed by atoms with Gasteiger partial charge in [-0.2, -0.15) is 0 Å². The van der Waals surface area contributed by atoms with Crippen LogP contribution in [0.3, 0.4) is 0 Å². The highest BCUT2D eigenvalue weighted by Crippen LogP contribution is 2.33. The Bertz CT molecular complexity index is 1240. The lowest BCUT2D eigenvalue weighted by Gasteiger charge is -2.27. The fourth-order valence-electron chi connectivity index (χ4n) is 4.72. The molecule has 0 radical (unpaired) electrons. The quantitative estimate of drug-likeness (QED) is 0.552. The molecule has 0 unspecified atom stereocenters. The number of nitrogens with one attached hydrogen (secondary N) is 1. The van der Waals surface area contributed by atoms with Crippen molar-refractivity contribution < 1.29 is 13.2 Å². The largest absolute Gasteiger partial charge is 0.350 e. The summed E-state index contributed by atoms with van der Waals surface area (Å²) in [6.45, 7) is 2.97. The Hall–Kier alpha value is -2.68. The number of amides is 1. The normalized spacial score (nSPS) is 17.2. The fraction of sp³-hybridized carbons (Fsp3) is 0.320. The van der Waals surface area contributed by atoms with E-state index in [1.54, 1.807) is 29.5 Å². The van der Waals surface area contributed by atoms with Crippen LogP contribution >= 0.6 is 11.3 Å². The molecule has 6 nitrogen and oxygen atoms in total. The van der Waals surface area contributed by atoms with E-state index < -0.39 is 10.0 Å². The van der Waals surface area contributed by atoms with Crippen molar-refractivity contribution in [2.75, 3.05) is 30.5 Å². The minimum atomic E-state index is -3.74. The first kappa shape index (κ1) is 22.1. The van der Waals surface area contributed by atoms with Crippen LogP contribution in [-0.4, -0.2) is 45.4 Å². The summed E-state index contributed by atoms with van der Waals surface area (Å²) in [5.41, 5.74) is 2.10. The number of hydrogen-bond acceptors (Lipinski definition) is 5. The topological polar surface area (TPSA) is 69.7 Å². The number of rotatable bonds is 7. The molecule has 2 aliphatic rings. The minimum absolute atomic E-state index is 0.140. The molecule has 5 rings (SSSR count). The smallest absolute Gasteiger partial charge is 0.264 e. The monoisotopic (exact) mass is 481 g/mol. The predicted octanol–water partition coefficient (Wildman–Crippen LogP) is 4.07. The van der Waals surface area contributed by atoms with Crippen LogP contribution in [0.2, 0.25) is 0 Å². The maximum absolute atomic E-state index is 13.4. The van der Waals surface area contributed by atoms with E-state index >= 15 is 0 Å². The summed E-state index contributed by atoms with van der Waals surface area (Å²) in [6.07, 6.45) is 3.04. The van der Waals surface area contributed by atoms with Gasteiger partial charge in [0.1, 0.15) is 0 Å². The maximum atomic E-state index is 13.4. The van der Waals surface area contributed by atoms with Crippen LogP contribution in [0, 0.1) is 0 Å². The number of sulfonamides is 1. The molecule has 3 heterocycles. The summed E-state index contributed by atoms with van der Waals surface area (Å²) < 4.78 is 28.2. The summed E-state index contributed by atoms with van der Waals surface area (Å²) in [4.78, 5) is 16.8. The molecular formula is C25H27N3O3S2. The summed E-state index contributed by atoms with van der Waals surface area (Å²) in [6, 6.07) is 18.2. The standard InChI is InChI=1S/C25H27N3O3S2/c29-25(26-18-23(24-11-6-16-32-24)27-13-3-4-14-27)20-8-5-9-21(17-20)33(30,31)28-15-12-19-7-1-2-10-22(19)28/h1-2,5-11,16-17,23H,3-4,12-15,18H2,(H,26,29)/t23-/m0/s1. The molecule has 2 aliphatic heterocycles. The van der Waals surface area contributed by atoms with Gasteiger partial charge in [-0.1, -0.05) is 30.3 Å². The number of likely N-dealkylation sites (tertiary alicyclic amines) is 1. The Kier molecular flexibility index (Phi) is 6.23. The van der Waals surface area contributed by atoms with Crippen LogP contribution in [-0.2, 0) is 16.4 Å². The Morgan fingerprint density at radius 3 is 2.61 bits per heavy atom. The second kappa shape index (κ2) is 9.29. The Morgan fingerprint density at radius 2 is 1.82 bits per heavy atom. The van der Waals surface area contributed by atoms with Crippen LogP contribution in [0.5, 0.6) is 0 Å². The van der Waals surface area contributed by atoms with Crippen LogP contribution < -0.4 is 9.62 Å². The van der Waals surface area contributed by atoms with Crippen molar-refractivity contribution in [3.8, 4) is 0 Å². The van der Waals surface area contributed by atoms with Gasteiger partial charge in [-0.25, -0.2) is 8.42 Å². The zero-order valence-corrected chi connectivity index (χ0v) is 19.9. The van der Waals surface area contributed by atoms with Gasteiger partial charge in [0.15, 0.2) is 0 Å². The van der Waals surface area contributed by atoms with Crippen molar-refractivity contribution in [3.05, 3.63) is 82.0 Å². The van der Waals surface area contributed by atoms with Crippen LogP contribution in [0.4, 0.5) is 5.69 Å². The van der Waals surface area contributed by atoms with Crippen LogP contribution in [0.1, 0.15) is 39.7 Å². The molecule has 8 heteroatoms. The van der Waals surface area contributed by atoms with Gasteiger partial charge in [-0.05, 0) is 73.6 Å². The van der Waals surface area contributed by atoms with E-state index in [1.165, 1.54) is 28.1 Å². The van der Waals surface area contributed by atoms with Crippen molar-refractivity contribution in [2.24, 2.45) is 0 Å². The third-order valence-corrected chi connectivity index (χ3v) is 9.22. The second-order valence-electron chi connectivity index (χ2n) is 8.47. The van der Waals surface area contributed by atoms with Gasteiger partial charge >= 0.3 is 0 Å². The number of carbonyl (C=O) groups is 1. The lowest BCUT2D eigenvalue weighted by Crippen LogP contribution is -2.36. The maximum Gasteiger partial charge on any atom is 0.264 e. The zero-order valence-electron chi connectivity index (χ0n) is 18.3. The second-order valence-corrected chi connectivity index (χ2v) is 11.3. The van der Waals surface area contributed by atoms with Gasteiger partial charge < -0.3 is 5.32 Å². The minimum Gasteiger partial charge on any atom is -0.350 e. The Balaban J connectivity index is 1.33. The number of anilines is 1. The van der Waals surface area contributed by atoms with E-state index in [1.807, 2.05) is 30.3 Å².